The number of hydrogen-bond acceptors (Lipinski definition) is 3. The quantitative estimate of drug-likeness (QED) is 0.681. The highest BCUT2D eigenvalue weighted by molar-refractivity contribution is 6.13. The van der Waals surface area contributed by atoms with E-state index in [1.54, 1.807) is 6.20 Å². The van der Waals surface area contributed by atoms with E-state index >= 15 is 0 Å². The summed E-state index contributed by atoms with van der Waals surface area (Å²) >= 11 is 0. The summed E-state index contributed by atoms with van der Waals surface area (Å²) in [5.41, 5.74) is 6.13. The van der Waals surface area contributed by atoms with Crippen LogP contribution in [0, 0.1) is 0 Å². The van der Waals surface area contributed by atoms with E-state index in [2.05, 4.69) is 59.6 Å². The Morgan fingerprint density at radius 3 is 2.40 bits per heavy atom. The van der Waals surface area contributed by atoms with E-state index in [1.165, 1.54) is 16.7 Å². The first-order valence-corrected chi connectivity index (χ1v) is 8.59. The van der Waals surface area contributed by atoms with Gasteiger partial charge in [-0.15, -0.1) is 0 Å². The van der Waals surface area contributed by atoms with Crippen molar-refractivity contribution in [2.75, 3.05) is 0 Å². The normalized spacial score (nSPS) is 21.1. The van der Waals surface area contributed by atoms with Gasteiger partial charge in [-0.3, -0.25) is 9.98 Å². The lowest BCUT2D eigenvalue weighted by atomic mass is 9.76. The van der Waals surface area contributed by atoms with Gasteiger partial charge < -0.3 is 0 Å². The van der Waals surface area contributed by atoms with E-state index in [9.17, 15) is 0 Å². The molecule has 2 aliphatic rings. The number of benzene rings is 2. The maximum absolute atomic E-state index is 4.92. The lowest BCUT2D eigenvalue weighted by molar-refractivity contribution is 0.760. The third-order valence-electron chi connectivity index (χ3n) is 5.02. The molecule has 120 valence electrons. The topological polar surface area (TPSA) is 37.6 Å². The number of pyridine rings is 1. The van der Waals surface area contributed by atoms with E-state index < -0.39 is 0 Å². The fraction of sp³-hybridized carbons (Fsp3) is 0.136. The molecule has 0 bridgehead atoms. The molecular weight excluding hydrogens is 306 g/mol. The fourth-order valence-corrected chi connectivity index (χ4v) is 3.84. The molecule has 0 fully saturated rings. The molecule has 5 rings (SSSR count). The summed E-state index contributed by atoms with van der Waals surface area (Å²) in [4.78, 5) is 14.0. The molecule has 1 aliphatic carbocycles. The highest BCUT2D eigenvalue weighted by Crippen LogP contribution is 2.43. The molecule has 2 heterocycles. The van der Waals surface area contributed by atoms with Crippen molar-refractivity contribution in [3.8, 4) is 0 Å². The van der Waals surface area contributed by atoms with Gasteiger partial charge in [0.25, 0.3) is 0 Å². The Hall–Kier alpha value is -3.07. The van der Waals surface area contributed by atoms with Crippen LogP contribution in [0.2, 0.25) is 0 Å². The molecule has 0 spiro atoms. The SMILES string of the molecule is c1ccc(C2CC3=NC(c4cccnc4)=NC3c3ccccc32)cc1. The zero-order valence-electron chi connectivity index (χ0n) is 13.7. The average molecular weight is 323 g/mol. The monoisotopic (exact) mass is 323 g/mol. The molecule has 1 aromatic heterocycles. The molecular formula is C22H17N3. The predicted molar refractivity (Wildman–Crippen MR) is 100 cm³/mol. The van der Waals surface area contributed by atoms with Crippen molar-refractivity contribution >= 4 is 11.5 Å². The molecule has 3 nitrogen and oxygen atoms in total. The summed E-state index contributed by atoms with van der Waals surface area (Å²) in [5.74, 6) is 1.15. The van der Waals surface area contributed by atoms with Crippen molar-refractivity contribution in [3.63, 3.8) is 0 Å². The second-order valence-corrected chi connectivity index (χ2v) is 6.50. The minimum absolute atomic E-state index is 0.0476. The number of fused-ring (bicyclic) bond motifs is 3. The highest BCUT2D eigenvalue weighted by Gasteiger charge is 2.35. The van der Waals surface area contributed by atoms with Crippen LogP contribution in [-0.4, -0.2) is 16.5 Å². The lowest BCUT2D eigenvalue weighted by Gasteiger charge is -2.29. The second kappa shape index (κ2) is 5.78. The summed E-state index contributed by atoms with van der Waals surface area (Å²) in [5, 5.41) is 0. The molecule has 3 heteroatoms. The number of aliphatic imine (C=N–C) groups is 2. The van der Waals surface area contributed by atoms with Gasteiger partial charge in [-0.1, -0.05) is 54.6 Å². The fourth-order valence-electron chi connectivity index (χ4n) is 3.84. The molecule has 0 saturated heterocycles. The van der Waals surface area contributed by atoms with Crippen LogP contribution in [0.3, 0.4) is 0 Å². The molecule has 2 unspecified atom stereocenters. The first-order chi connectivity index (χ1) is 12.4. The van der Waals surface area contributed by atoms with Crippen LogP contribution in [0.15, 0.2) is 89.1 Å². The number of hydrogen-bond donors (Lipinski definition) is 0. The number of nitrogens with zero attached hydrogens (tertiary/aromatic N) is 3. The molecule has 0 N–H and O–H groups in total. The van der Waals surface area contributed by atoms with Gasteiger partial charge in [0.2, 0.25) is 0 Å². The van der Waals surface area contributed by atoms with Gasteiger partial charge >= 0.3 is 0 Å². The van der Waals surface area contributed by atoms with Gasteiger partial charge in [0, 0.05) is 23.9 Å². The van der Waals surface area contributed by atoms with E-state index in [-0.39, 0.29) is 6.04 Å². The second-order valence-electron chi connectivity index (χ2n) is 6.50. The van der Waals surface area contributed by atoms with Gasteiger partial charge in [-0.25, -0.2) is 4.99 Å². The van der Waals surface area contributed by atoms with Crippen LogP contribution in [0.1, 0.15) is 40.6 Å². The van der Waals surface area contributed by atoms with Crippen molar-refractivity contribution < 1.29 is 0 Å². The zero-order chi connectivity index (χ0) is 16.6. The third kappa shape index (κ3) is 2.40. The number of rotatable bonds is 2. The Labute approximate surface area is 146 Å². The molecule has 0 radical (unpaired) electrons. The largest absolute Gasteiger partial charge is 0.264 e. The summed E-state index contributed by atoms with van der Waals surface area (Å²) < 4.78 is 0. The van der Waals surface area contributed by atoms with Crippen molar-refractivity contribution in [2.45, 2.75) is 18.4 Å². The molecule has 0 saturated carbocycles. The van der Waals surface area contributed by atoms with Crippen molar-refractivity contribution in [1.29, 1.82) is 0 Å². The third-order valence-corrected chi connectivity index (χ3v) is 5.02. The van der Waals surface area contributed by atoms with Crippen molar-refractivity contribution in [2.24, 2.45) is 9.98 Å². The van der Waals surface area contributed by atoms with E-state index in [1.807, 2.05) is 18.3 Å². The Bertz CT molecular complexity index is 974. The minimum atomic E-state index is 0.0476. The van der Waals surface area contributed by atoms with E-state index in [0.717, 1.165) is 23.5 Å². The molecule has 25 heavy (non-hydrogen) atoms. The molecule has 2 atom stereocenters. The van der Waals surface area contributed by atoms with Gasteiger partial charge in [0.15, 0.2) is 5.84 Å². The molecule has 1 aliphatic heterocycles. The Kier molecular flexibility index (Phi) is 3.30. The first-order valence-electron chi connectivity index (χ1n) is 8.59. The molecule has 2 aromatic carbocycles. The molecule has 3 aromatic rings. The minimum Gasteiger partial charge on any atom is -0.264 e. The summed E-state index contributed by atoms with van der Waals surface area (Å²) in [7, 11) is 0. The zero-order valence-corrected chi connectivity index (χ0v) is 13.7. The van der Waals surface area contributed by atoms with Crippen LogP contribution in [0.5, 0.6) is 0 Å². The van der Waals surface area contributed by atoms with E-state index in [4.69, 9.17) is 9.98 Å². The smallest absolute Gasteiger partial charge is 0.157 e. The Balaban J connectivity index is 1.62. The van der Waals surface area contributed by atoms with Gasteiger partial charge in [-0.05, 0) is 35.2 Å². The van der Waals surface area contributed by atoms with Crippen LogP contribution in [0.4, 0.5) is 0 Å². The maximum Gasteiger partial charge on any atom is 0.157 e. The number of amidine groups is 1. The first kappa shape index (κ1) is 14.3. The van der Waals surface area contributed by atoms with Gasteiger partial charge in [-0.2, -0.15) is 0 Å². The predicted octanol–water partition coefficient (Wildman–Crippen LogP) is 4.56. The van der Waals surface area contributed by atoms with Gasteiger partial charge in [0.05, 0.1) is 5.71 Å². The van der Waals surface area contributed by atoms with Crippen LogP contribution < -0.4 is 0 Å². The standard InChI is InChI=1S/C22H17N3/c1-2-7-15(8-3-1)19-13-20-21(18-11-5-4-10-17(18)19)25-22(24-20)16-9-6-12-23-14-16/h1-12,14,19,21H,13H2. The molecule has 0 amide bonds. The van der Waals surface area contributed by atoms with Crippen molar-refractivity contribution in [3.05, 3.63) is 101 Å². The highest BCUT2D eigenvalue weighted by atomic mass is 15.0. The summed E-state index contributed by atoms with van der Waals surface area (Å²) in [6.45, 7) is 0. The van der Waals surface area contributed by atoms with E-state index in [0.29, 0.717) is 5.92 Å². The van der Waals surface area contributed by atoms with Crippen LogP contribution >= 0.6 is 0 Å². The summed E-state index contributed by atoms with van der Waals surface area (Å²) in [6.07, 6.45) is 4.53. The summed E-state index contributed by atoms with van der Waals surface area (Å²) in [6, 6.07) is 23.4. The Morgan fingerprint density at radius 1 is 0.800 bits per heavy atom. The van der Waals surface area contributed by atoms with Crippen LogP contribution in [-0.2, 0) is 0 Å². The van der Waals surface area contributed by atoms with Crippen LogP contribution in [0.25, 0.3) is 0 Å². The number of aromatic nitrogens is 1. The van der Waals surface area contributed by atoms with Crippen molar-refractivity contribution in [1.82, 2.24) is 4.98 Å². The van der Waals surface area contributed by atoms with Gasteiger partial charge in [0.1, 0.15) is 6.04 Å². The maximum atomic E-state index is 4.92. The lowest BCUT2D eigenvalue weighted by Crippen LogP contribution is -2.21. The Morgan fingerprint density at radius 2 is 1.60 bits per heavy atom. The average Bonchev–Trinajstić information content (AvgIpc) is 3.13.